The van der Waals surface area contributed by atoms with Crippen LogP contribution in [0.2, 0.25) is 0 Å². The Bertz CT molecular complexity index is 566. The standard InChI is InChI=1S/C16H29N3O4S/c1-23-13-14-5-6-16(19(14)24(2,21)22)7-11-18(12-8-16)15(20)17-9-3-4-10-17/h14H,3-13H2,1-2H3/t14-/m0/s1. The highest BCUT2D eigenvalue weighted by Gasteiger charge is 2.52. The molecule has 0 N–H and O–H groups in total. The molecule has 3 rings (SSSR count). The van der Waals surface area contributed by atoms with Gasteiger partial charge >= 0.3 is 6.03 Å². The molecule has 0 aromatic carbocycles. The molecule has 3 saturated heterocycles. The number of hydrogen-bond acceptors (Lipinski definition) is 4. The lowest BCUT2D eigenvalue weighted by Crippen LogP contribution is -2.58. The maximum absolute atomic E-state index is 12.5. The van der Waals surface area contributed by atoms with E-state index in [0.29, 0.717) is 19.7 Å². The molecular weight excluding hydrogens is 330 g/mol. The summed E-state index contributed by atoms with van der Waals surface area (Å²) in [6.45, 7) is 3.42. The van der Waals surface area contributed by atoms with Gasteiger partial charge in [0, 0.05) is 44.9 Å². The normalized spacial score (nSPS) is 28.0. The van der Waals surface area contributed by atoms with Crippen molar-refractivity contribution in [3.05, 3.63) is 0 Å². The van der Waals surface area contributed by atoms with E-state index < -0.39 is 10.0 Å². The summed E-state index contributed by atoms with van der Waals surface area (Å²) in [6, 6.07) is 0.0468. The monoisotopic (exact) mass is 359 g/mol. The first-order valence-electron chi connectivity index (χ1n) is 8.90. The summed E-state index contributed by atoms with van der Waals surface area (Å²) in [5, 5.41) is 0. The highest BCUT2D eigenvalue weighted by Crippen LogP contribution is 2.43. The van der Waals surface area contributed by atoms with Crippen LogP contribution in [0.3, 0.4) is 0 Å². The Labute approximate surface area is 145 Å². The predicted octanol–water partition coefficient (Wildman–Crippen LogP) is 1.11. The van der Waals surface area contributed by atoms with Crippen molar-refractivity contribution in [2.45, 2.75) is 50.1 Å². The number of carbonyl (C=O) groups is 1. The van der Waals surface area contributed by atoms with Gasteiger partial charge in [0.1, 0.15) is 0 Å². The van der Waals surface area contributed by atoms with Gasteiger partial charge in [-0.15, -0.1) is 0 Å². The smallest absolute Gasteiger partial charge is 0.319 e. The van der Waals surface area contributed by atoms with Crippen LogP contribution in [0.4, 0.5) is 4.79 Å². The lowest BCUT2D eigenvalue weighted by molar-refractivity contribution is 0.0710. The summed E-state index contributed by atoms with van der Waals surface area (Å²) in [5.74, 6) is 0. The highest BCUT2D eigenvalue weighted by atomic mass is 32.2. The van der Waals surface area contributed by atoms with Gasteiger partial charge in [0.15, 0.2) is 0 Å². The molecule has 3 fully saturated rings. The fraction of sp³-hybridized carbons (Fsp3) is 0.938. The molecule has 7 nitrogen and oxygen atoms in total. The number of urea groups is 1. The van der Waals surface area contributed by atoms with Gasteiger partial charge in [0.25, 0.3) is 0 Å². The van der Waals surface area contributed by atoms with E-state index in [2.05, 4.69) is 0 Å². The molecule has 2 amide bonds. The minimum atomic E-state index is -3.30. The van der Waals surface area contributed by atoms with E-state index in [4.69, 9.17) is 4.74 Å². The first kappa shape index (κ1) is 17.9. The molecule has 0 unspecified atom stereocenters. The first-order valence-corrected chi connectivity index (χ1v) is 10.7. The molecule has 0 radical (unpaired) electrons. The van der Waals surface area contributed by atoms with Crippen LogP contribution in [0, 0.1) is 0 Å². The van der Waals surface area contributed by atoms with E-state index in [1.54, 1.807) is 11.4 Å². The number of ether oxygens (including phenoxy) is 1. The number of piperidine rings is 1. The van der Waals surface area contributed by atoms with Gasteiger partial charge in [-0.1, -0.05) is 0 Å². The second-order valence-electron chi connectivity index (χ2n) is 7.39. The summed E-state index contributed by atoms with van der Waals surface area (Å²) in [5.41, 5.74) is -0.335. The topological polar surface area (TPSA) is 70.2 Å². The number of carbonyl (C=O) groups excluding carboxylic acids is 1. The maximum Gasteiger partial charge on any atom is 0.319 e. The third-order valence-electron chi connectivity index (χ3n) is 5.80. The second kappa shape index (κ2) is 6.80. The Kier molecular flexibility index (Phi) is 5.09. The minimum Gasteiger partial charge on any atom is -0.383 e. The zero-order chi connectivity index (χ0) is 17.4. The van der Waals surface area contributed by atoms with Crippen molar-refractivity contribution in [3.8, 4) is 0 Å². The van der Waals surface area contributed by atoms with Crippen molar-refractivity contribution in [2.24, 2.45) is 0 Å². The Morgan fingerprint density at radius 2 is 1.67 bits per heavy atom. The van der Waals surface area contributed by atoms with E-state index in [-0.39, 0.29) is 17.6 Å². The number of rotatable bonds is 3. The number of sulfonamides is 1. The molecule has 0 saturated carbocycles. The summed E-state index contributed by atoms with van der Waals surface area (Å²) in [4.78, 5) is 16.4. The molecule has 138 valence electrons. The van der Waals surface area contributed by atoms with Gasteiger partial charge in [-0.05, 0) is 38.5 Å². The largest absolute Gasteiger partial charge is 0.383 e. The Hall–Kier alpha value is -0.860. The second-order valence-corrected chi connectivity index (χ2v) is 9.25. The Balaban J connectivity index is 1.70. The third-order valence-corrected chi connectivity index (χ3v) is 7.20. The van der Waals surface area contributed by atoms with Crippen LogP contribution < -0.4 is 0 Å². The molecule has 3 heterocycles. The number of hydrogen-bond donors (Lipinski definition) is 0. The molecule has 24 heavy (non-hydrogen) atoms. The molecule has 0 aliphatic carbocycles. The van der Waals surface area contributed by atoms with Crippen LogP contribution in [-0.2, 0) is 14.8 Å². The predicted molar refractivity (Wildman–Crippen MR) is 91.3 cm³/mol. The lowest BCUT2D eigenvalue weighted by atomic mass is 9.86. The van der Waals surface area contributed by atoms with E-state index in [9.17, 15) is 13.2 Å². The van der Waals surface area contributed by atoms with Crippen molar-refractivity contribution in [2.75, 3.05) is 46.2 Å². The quantitative estimate of drug-likeness (QED) is 0.757. The summed E-state index contributed by atoms with van der Waals surface area (Å²) < 4.78 is 31.7. The van der Waals surface area contributed by atoms with E-state index in [0.717, 1.165) is 51.6 Å². The van der Waals surface area contributed by atoms with Crippen LogP contribution in [0.5, 0.6) is 0 Å². The van der Waals surface area contributed by atoms with Gasteiger partial charge in [-0.25, -0.2) is 13.2 Å². The van der Waals surface area contributed by atoms with Gasteiger partial charge in [-0.2, -0.15) is 4.31 Å². The number of methoxy groups -OCH3 is 1. The van der Waals surface area contributed by atoms with Gasteiger partial charge in [-0.3, -0.25) is 0 Å². The molecule has 3 aliphatic heterocycles. The zero-order valence-corrected chi connectivity index (χ0v) is 15.6. The summed E-state index contributed by atoms with van der Waals surface area (Å²) >= 11 is 0. The molecule has 1 spiro atoms. The Morgan fingerprint density at radius 3 is 2.21 bits per heavy atom. The summed E-state index contributed by atoms with van der Waals surface area (Å²) in [7, 11) is -1.68. The molecule has 0 aromatic rings. The van der Waals surface area contributed by atoms with E-state index in [1.807, 2.05) is 9.80 Å². The molecular formula is C16H29N3O4S. The highest BCUT2D eigenvalue weighted by molar-refractivity contribution is 7.88. The van der Waals surface area contributed by atoms with Gasteiger partial charge < -0.3 is 14.5 Å². The van der Waals surface area contributed by atoms with Crippen LogP contribution in [-0.4, -0.2) is 86.3 Å². The molecule has 8 heteroatoms. The average Bonchev–Trinajstić information content (AvgIpc) is 3.16. The van der Waals surface area contributed by atoms with Crippen molar-refractivity contribution in [1.82, 2.24) is 14.1 Å². The lowest BCUT2D eigenvalue weighted by Gasteiger charge is -2.45. The number of amides is 2. The van der Waals surface area contributed by atoms with Crippen LogP contribution in [0.15, 0.2) is 0 Å². The average molecular weight is 359 g/mol. The van der Waals surface area contributed by atoms with Gasteiger partial charge in [0.05, 0.1) is 12.9 Å². The van der Waals surface area contributed by atoms with Crippen LogP contribution in [0.1, 0.15) is 38.5 Å². The van der Waals surface area contributed by atoms with Crippen molar-refractivity contribution < 1.29 is 17.9 Å². The minimum absolute atomic E-state index is 0.0779. The van der Waals surface area contributed by atoms with Crippen molar-refractivity contribution in [3.63, 3.8) is 0 Å². The zero-order valence-electron chi connectivity index (χ0n) is 14.7. The van der Waals surface area contributed by atoms with E-state index in [1.165, 1.54) is 6.26 Å². The summed E-state index contributed by atoms with van der Waals surface area (Å²) in [6.07, 6.45) is 6.61. The number of nitrogens with zero attached hydrogens (tertiary/aromatic N) is 3. The molecule has 0 bridgehead atoms. The third kappa shape index (κ3) is 3.28. The fourth-order valence-corrected chi connectivity index (χ4v) is 6.39. The molecule has 3 aliphatic rings. The Morgan fingerprint density at radius 1 is 1.08 bits per heavy atom. The number of likely N-dealkylation sites (tertiary alicyclic amines) is 2. The van der Waals surface area contributed by atoms with Gasteiger partial charge in [0.2, 0.25) is 10.0 Å². The SMILES string of the molecule is COC[C@@H]1CCC2(CCN(C(=O)N3CCCC3)CC2)N1S(C)(=O)=O. The van der Waals surface area contributed by atoms with Crippen LogP contribution in [0.25, 0.3) is 0 Å². The molecule has 0 aromatic heterocycles. The van der Waals surface area contributed by atoms with Crippen LogP contribution >= 0.6 is 0 Å². The van der Waals surface area contributed by atoms with Crippen molar-refractivity contribution >= 4 is 16.1 Å². The van der Waals surface area contributed by atoms with E-state index >= 15 is 0 Å². The fourth-order valence-electron chi connectivity index (χ4n) is 4.71. The first-order chi connectivity index (χ1) is 11.4. The molecule has 1 atom stereocenters. The maximum atomic E-state index is 12.5. The van der Waals surface area contributed by atoms with Crippen molar-refractivity contribution in [1.29, 1.82) is 0 Å².